The van der Waals surface area contributed by atoms with Gasteiger partial charge >= 0.3 is 6.09 Å². The monoisotopic (exact) mass is 592 g/mol. The van der Waals surface area contributed by atoms with Crippen LogP contribution in [-0.4, -0.2) is 80.7 Å². The van der Waals surface area contributed by atoms with Crippen molar-refractivity contribution >= 4 is 27.9 Å². The zero-order valence-electron chi connectivity index (χ0n) is 23.6. The van der Waals surface area contributed by atoms with Crippen LogP contribution < -0.4 is 21.1 Å². The third kappa shape index (κ3) is 11.0. The molecule has 226 valence electrons. The number of methoxy groups -OCH3 is 1. The van der Waals surface area contributed by atoms with Gasteiger partial charge in [-0.15, -0.1) is 0 Å². The molecule has 0 aromatic heterocycles. The number of carbonyl (C=O) groups excluding carboxylic acids is 3. The summed E-state index contributed by atoms with van der Waals surface area (Å²) in [5.74, 6) is -0.916. The first-order chi connectivity index (χ1) is 19.5. The molecule has 0 aliphatic carbocycles. The summed E-state index contributed by atoms with van der Waals surface area (Å²) in [5, 5.41) is 16.2. The van der Waals surface area contributed by atoms with Crippen LogP contribution in [0, 0.1) is 0 Å². The second kappa shape index (κ2) is 16.6. The number of nitrogens with zero attached hydrogens (tertiary/aromatic N) is 1. The molecule has 3 amide bonds. The largest absolute Gasteiger partial charge is 0.497 e. The minimum Gasteiger partial charge on any atom is -0.497 e. The highest BCUT2D eigenvalue weighted by molar-refractivity contribution is 7.89. The van der Waals surface area contributed by atoms with Crippen molar-refractivity contribution in [3.63, 3.8) is 0 Å². The van der Waals surface area contributed by atoms with Gasteiger partial charge in [0.05, 0.1) is 24.2 Å². The second-order valence-corrected chi connectivity index (χ2v) is 11.4. The third-order valence-corrected chi connectivity index (χ3v) is 8.15. The number of rotatable bonds is 17. The Hall–Kier alpha value is -3.68. The van der Waals surface area contributed by atoms with Crippen LogP contribution in [0.1, 0.15) is 38.7 Å². The van der Waals surface area contributed by atoms with E-state index in [1.165, 1.54) is 30.5 Å². The lowest BCUT2D eigenvalue weighted by Gasteiger charge is -2.30. The maximum absolute atomic E-state index is 13.6. The number of amides is 3. The lowest BCUT2D eigenvalue weighted by Crippen LogP contribution is -2.52. The van der Waals surface area contributed by atoms with E-state index < -0.39 is 52.7 Å². The van der Waals surface area contributed by atoms with Gasteiger partial charge in [0, 0.05) is 20.0 Å². The number of aliphatic hydroxyl groups excluding tert-OH is 1. The van der Waals surface area contributed by atoms with E-state index >= 15 is 0 Å². The fourth-order valence-electron chi connectivity index (χ4n) is 4.02. The summed E-state index contributed by atoms with van der Waals surface area (Å²) >= 11 is 0. The smallest absolute Gasteiger partial charge is 0.407 e. The zero-order chi connectivity index (χ0) is 30.4. The van der Waals surface area contributed by atoms with Gasteiger partial charge in [-0.05, 0) is 42.7 Å². The molecule has 2 rings (SSSR count). The molecule has 13 heteroatoms. The molecule has 3 unspecified atom stereocenters. The van der Waals surface area contributed by atoms with Crippen molar-refractivity contribution in [2.24, 2.45) is 5.73 Å². The van der Waals surface area contributed by atoms with Gasteiger partial charge in [-0.1, -0.05) is 50.1 Å². The standard InChI is InChI=1S/C28H40N4O8S/c1-4-5-9-16-32(41(37,38)23-14-12-22(39-3)13-15-23)18-26(34)24(17-21-10-7-6-8-11-21)31-28(36)40-19-25(27(29)35)30-20(2)33/h6-8,10-15,24-26,34H,4-5,9,16-19H2,1-3H3,(H2,29,35)(H,30,33)(H,31,36). The SMILES string of the molecule is CCCCCN(CC(O)C(Cc1ccccc1)NC(=O)OCC(NC(C)=O)C(N)=O)S(=O)(=O)c1ccc(OC)cc1. The van der Waals surface area contributed by atoms with E-state index in [1.54, 1.807) is 36.4 Å². The summed E-state index contributed by atoms with van der Waals surface area (Å²) < 4.78 is 38.6. The quantitative estimate of drug-likeness (QED) is 0.200. The molecule has 2 aromatic carbocycles. The Morgan fingerprint density at radius 1 is 1.02 bits per heavy atom. The van der Waals surface area contributed by atoms with Crippen LogP contribution in [0.3, 0.4) is 0 Å². The van der Waals surface area contributed by atoms with Crippen molar-refractivity contribution in [2.75, 3.05) is 26.8 Å². The summed E-state index contributed by atoms with van der Waals surface area (Å²) in [6.07, 6.45) is 0.0887. The predicted molar refractivity (Wildman–Crippen MR) is 153 cm³/mol. The van der Waals surface area contributed by atoms with Crippen LogP contribution in [-0.2, 0) is 30.8 Å². The molecule has 0 heterocycles. The van der Waals surface area contributed by atoms with Gasteiger partial charge in [-0.25, -0.2) is 13.2 Å². The van der Waals surface area contributed by atoms with Gasteiger partial charge in [0.15, 0.2) is 0 Å². The number of ether oxygens (including phenoxy) is 2. The number of unbranched alkanes of at least 4 members (excludes halogenated alkanes) is 2. The van der Waals surface area contributed by atoms with E-state index in [0.717, 1.165) is 18.4 Å². The van der Waals surface area contributed by atoms with Crippen molar-refractivity contribution in [1.29, 1.82) is 0 Å². The molecule has 0 spiro atoms. The molecule has 0 saturated heterocycles. The Morgan fingerprint density at radius 2 is 1.68 bits per heavy atom. The van der Waals surface area contributed by atoms with Crippen LogP contribution in [0.15, 0.2) is 59.5 Å². The van der Waals surface area contributed by atoms with Gasteiger partial charge in [-0.3, -0.25) is 9.59 Å². The van der Waals surface area contributed by atoms with E-state index in [-0.39, 0.29) is 24.4 Å². The Kier molecular flexibility index (Phi) is 13.5. The second-order valence-electron chi connectivity index (χ2n) is 9.51. The first kappa shape index (κ1) is 33.5. The lowest BCUT2D eigenvalue weighted by molar-refractivity contribution is -0.127. The van der Waals surface area contributed by atoms with E-state index in [2.05, 4.69) is 10.6 Å². The number of sulfonamides is 1. The molecule has 3 atom stereocenters. The average molecular weight is 593 g/mol. The van der Waals surface area contributed by atoms with E-state index in [9.17, 15) is 27.9 Å². The molecule has 41 heavy (non-hydrogen) atoms. The molecule has 0 saturated carbocycles. The Morgan fingerprint density at radius 3 is 2.24 bits per heavy atom. The zero-order valence-corrected chi connectivity index (χ0v) is 24.4. The molecule has 0 radical (unpaired) electrons. The summed E-state index contributed by atoms with van der Waals surface area (Å²) in [7, 11) is -2.51. The fraction of sp³-hybridized carbons (Fsp3) is 0.464. The van der Waals surface area contributed by atoms with E-state index in [4.69, 9.17) is 15.2 Å². The number of benzene rings is 2. The maximum atomic E-state index is 13.6. The molecule has 12 nitrogen and oxygen atoms in total. The number of alkyl carbamates (subject to hydrolysis) is 1. The molecule has 0 fully saturated rings. The van der Waals surface area contributed by atoms with Gasteiger partial charge < -0.3 is 30.9 Å². The Balaban J connectivity index is 2.26. The predicted octanol–water partition coefficient (Wildman–Crippen LogP) is 1.56. The molecule has 0 aliphatic heterocycles. The van der Waals surface area contributed by atoms with Crippen molar-refractivity contribution < 1.29 is 37.4 Å². The van der Waals surface area contributed by atoms with E-state index in [0.29, 0.717) is 12.2 Å². The Bertz CT molecular complexity index is 1230. The maximum Gasteiger partial charge on any atom is 0.407 e. The summed E-state index contributed by atoms with van der Waals surface area (Å²) in [6, 6.07) is 12.8. The number of primary amides is 1. The summed E-state index contributed by atoms with van der Waals surface area (Å²) in [6.45, 7) is 2.53. The average Bonchev–Trinajstić information content (AvgIpc) is 2.94. The number of aliphatic hydroxyl groups is 1. The van der Waals surface area contributed by atoms with E-state index in [1.807, 2.05) is 13.0 Å². The van der Waals surface area contributed by atoms with Gasteiger partial charge in [0.2, 0.25) is 21.8 Å². The highest BCUT2D eigenvalue weighted by atomic mass is 32.2. The first-order valence-electron chi connectivity index (χ1n) is 13.3. The topological polar surface area (TPSA) is 177 Å². The first-order valence-corrected chi connectivity index (χ1v) is 14.8. The normalized spacial score (nSPS) is 13.6. The number of hydrogen-bond acceptors (Lipinski definition) is 8. The minimum absolute atomic E-state index is 0.0458. The summed E-state index contributed by atoms with van der Waals surface area (Å²) in [4.78, 5) is 35.6. The van der Waals surface area contributed by atoms with Crippen molar-refractivity contribution in [3.05, 3.63) is 60.2 Å². The van der Waals surface area contributed by atoms with Crippen LogP contribution >= 0.6 is 0 Å². The molecule has 5 N–H and O–H groups in total. The molecule has 2 aromatic rings. The number of carbonyl (C=O) groups is 3. The highest BCUT2D eigenvalue weighted by Crippen LogP contribution is 2.21. The molecular formula is C28H40N4O8S. The summed E-state index contributed by atoms with van der Waals surface area (Å²) in [5.41, 5.74) is 6.04. The minimum atomic E-state index is -4.00. The number of hydrogen-bond donors (Lipinski definition) is 4. The van der Waals surface area contributed by atoms with Gasteiger partial charge in [0.1, 0.15) is 18.4 Å². The van der Waals surface area contributed by atoms with Gasteiger partial charge in [0.25, 0.3) is 0 Å². The van der Waals surface area contributed by atoms with Crippen LogP contribution in [0.4, 0.5) is 4.79 Å². The number of nitrogens with one attached hydrogen (secondary N) is 2. The van der Waals surface area contributed by atoms with Gasteiger partial charge in [-0.2, -0.15) is 4.31 Å². The molecular weight excluding hydrogens is 552 g/mol. The van der Waals surface area contributed by atoms with Crippen molar-refractivity contribution in [1.82, 2.24) is 14.9 Å². The van der Waals surface area contributed by atoms with Crippen molar-refractivity contribution in [3.8, 4) is 5.75 Å². The van der Waals surface area contributed by atoms with Crippen molar-refractivity contribution in [2.45, 2.75) is 62.6 Å². The number of nitrogens with two attached hydrogens (primary N) is 1. The third-order valence-electron chi connectivity index (χ3n) is 6.27. The Labute approximate surface area is 241 Å². The van der Waals surface area contributed by atoms with Crippen LogP contribution in [0.25, 0.3) is 0 Å². The molecule has 0 aliphatic rings. The fourth-order valence-corrected chi connectivity index (χ4v) is 5.52. The van der Waals surface area contributed by atoms with Crippen LogP contribution in [0.5, 0.6) is 5.75 Å². The highest BCUT2D eigenvalue weighted by Gasteiger charge is 2.31. The van der Waals surface area contributed by atoms with Crippen LogP contribution in [0.2, 0.25) is 0 Å². The lowest BCUT2D eigenvalue weighted by atomic mass is 10.0. The molecule has 0 bridgehead atoms.